The Hall–Kier alpha value is -2.65. The van der Waals surface area contributed by atoms with Crippen LogP contribution in [0.15, 0.2) is 72.8 Å². The smallest absolute Gasteiger partial charge is 0.175 e. The Labute approximate surface area is 148 Å². The predicted molar refractivity (Wildman–Crippen MR) is 108 cm³/mol. The summed E-state index contributed by atoms with van der Waals surface area (Å²) in [5.74, 6) is 0. The van der Waals surface area contributed by atoms with Crippen molar-refractivity contribution >= 4 is 28.7 Å². The molecule has 3 heteroatoms. The molecule has 3 aromatic rings. The molecule has 2 nitrogen and oxygen atoms in total. The van der Waals surface area contributed by atoms with Gasteiger partial charge in [-0.2, -0.15) is 0 Å². The van der Waals surface area contributed by atoms with Crippen LogP contribution in [0.2, 0.25) is 0 Å². The van der Waals surface area contributed by atoms with Gasteiger partial charge in [-0.25, -0.2) is 0 Å². The number of aryl methyl sites for hydroxylation is 2. The van der Waals surface area contributed by atoms with Crippen LogP contribution in [-0.2, 0) is 0 Å². The van der Waals surface area contributed by atoms with Gasteiger partial charge in [0.15, 0.2) is 5.11 Å². The van der Waals surface area contributed by atoms with Gasteiger partial charge in [-0.05, 0) is 49.3 Å². The quantitative estimate of drug-likeness (QED) is 0.595. The van der Waals surface area contributed by atoms with Gasteiger partial charge in [0, 0.05) is 16.9 Å². The van der Waals surface area contributed by atoms with Crippen LogP contribution < -0.4 is 10.6 Å². The monoisotopic (exact) mass is 332 g/mol. The fraction of sp³-hybridized carbons (Fsp3) is 0.0952. The average molecular weight is 332 g/mol. The highest BCUT2D eigenvalue weighted by molar-refractivity contribution is 7.80. The number of para-hydroxylation sites is 1. The summed E-state index contributed by atoms with van der Waals surface area (Å²) in [5, 5.41) is 7.19. The number of benzene rings is 3. The van der Waals surface area contributed by atoms with Crippen LogP contribution in [0.4, 0.5) is 11.4 Å². The maximum atomic E-state index is 5.50. The molecule has 0 spiro atoms. The van der Waals surface area contributed by atoms with E-state index in [1.165, 1.54) is 11.1 Å². The summed E-state index contributed by atoms with van der Waals surface area (Å²) in [7, 11) is 0. The van der Waals surface area contributed by atoms with Crippen molar-refractivity contribution < 1.29 is 0 Å². The summed E-state index contributed by atoms with van der Waals surface area (Å²) >= 11 is 5.50. The van der Waals surface area contributed by atoms with Crippen LogP contribution in [0, 0.1) is 13.8 Å². The first-order valence-corrected chi connectivity index (χ1v) is 8.34. The summed E-state index contributed by atoms with van der Waals surface area (Å²) in [6.45, 7) is 4.17. The molecule has 0 heterocycles. The second-order valence-electron chi connectivity index (χ2n) is 5.81. The Morgan fingerprint density at radius 2 is 1.42 bits per heavy atom. The third-order valence-corrected chi connectivity index (χ3v) is 4.09. The molecule has 0 amide bonds. The number of hydrogen-bond donors (Lipinski definition) is 2. The minimum absolute atomic E-state index is 0.588. The number of rotatable bonds is 3. The van der Waals surface area contributed by atoms with E-state index in [4.69, 9.17) is 12.2 Å². The normalized spacial score (nSPS) is 10.2. The van der Waals surface area contributed by atoms with Gasteiger partial charge in [0.2, 0.25) is 0 Å². The van der Waals surface area contributed by atoms with Crippen molar-refractivity contribution in [1.29, 1.82) is 0 Å². The molecule has 0 aromatic heterocycles. The minimum Gasteiger partial charge on any atom is -0.332 e. The van der Waals surface area contributed by atoms with E-state index in [1.54, 1.807) is 0 Å². The first kappa shape index (κ1) is 16.2. The fourth-order valence-corrected chi connectivity index (χ4v) is 2.91. The lowest BCUT2D eigenvalue weighted by molar-refractivity contribution is 1.38. The van der Waals surface area contributed by atoms with Gasteiger partial charge in [-0.3, -0.25) is 0 Å². The van der Waals surface area contributed by atoms with Crippen molar-refractivity contribution in [3.63, 3.8) is 0 Å². The maximum Gasteiger partial charge on any atom is 0.175 e. The summed E-state index contributed by atoms with van der Waals surface area (Å²) < 4.78 is 0. The van der Waals surface area contributed by atoms with Crippen molar-refractivity contribution in [2.75, 3.05) is 10.6 Å². The fourth-order valence-electron chi connectivity index (χ4n) is 2.69. The molecule has 24 heavy (non-hydrogen) atoms. The lowest BCUT2D eigenvalue weighted by atomic mass is 10.0. The SMILES string of the molecule is Cc1ccc(NC(=S)Nc2ccccc2-c2ccccc2)c(C)c1. The molecule has 0 aliphatic rings. The number of anilines is 2. The molecule has 0 unspecified atom stereocenters. The highest BCUT2D eigenvalue weighted by Gasteiger charge is 2.07. The van der Waals surface area contributed by atoms with Crippen molar-refractivity contribution in [1.82, 2.24) is 0 Å². The lowest BCUT2D eigenvalue weighted by Crippen LogP contribution is -2.20. The molecule has 0 aliphatic heterocycles. The van der Waals surface area contributed by atoms with Crippen LogP contribution in [0.25, 0.3) is 11.1 Å². The van der Waals surface area contributed by atoms with Gasteiger partial charge >= 0.3 is 0 Å². The molecule has 0 saturated heterocycles. The first-order chi connectivity index (χ1) is 11.6. The van der Waals surface area contributed by atoms with E-state index in [1.807, 2.05) is 36.4 Å². The molecule has 3 aromatic carbocycles. The molecular weight excluding hydrogens is 312 g/mol. The summed E-state index contributed by atoms with van der Waals surface area (Å²) in [5.41, 5.74) is 6.72. The van der Waals surface area contributed by atoms with E-state index in [0.717, 1.165) is 22.5 Å². The van der Waals surface area contributed by atoms with Gasteiger partial charge in [0.05, 0.1) is 0 Å². The molecule has 0 atom stereocenters. The molecule has 0 radical (unpaired) electrons. The zero-order valence-corrected chi connectivity index (χ0v) is 14.7. The molecule has 0 fully saturated rings. The highest BCUT2D eigenvalue weighted by Crippen LogP contribution is 2.27. The zero-order valence-electron chi connectivity index (χ0n) is 13.8. The molecule has 2 N–H and O–H groups in total. The standard InChI is InChI=1S/C21H20N2S/c1-15-12-13-19(16(2)14-15)22-21(24)23-20-11-7-6-10-18(20)17-8-4-3-5-9-17/h3-14H,1-2H3,(H2,22,23,24). The van der Waals surface area contributed by atoms with E-state index in [2.05, 4.69) is 60.9 Å². The van der Waals surface area contributed by atoms with Gasteiger partial charge < -0.3 is 10.6 Å². The van der Waals surface area contributed by atoms with Crippen molar-refractivity contribution in [3.8, 4) is 11.1 Å². The van der Waals surface area contributed by atoms with Gasteiger partial charge in [-0.15, -0.1) is 0 Å². The first-order valence-electron chi connectivity index (χ1n) is 7.93. The van der Waals surface area contributed by atoms with Gasteiger partial charge in [-0.1, -0.05) is 66.2 Å². The maximum absolute atomic E-state index is 5.50. The molecular formula is C21H20N2S. The molecule has 0 aliphatic carbocycles. The van der Waals surface area contributed by atoms with Crippen LogP contribution in [0.3, 0.4) is 0 Å². The van der Waals surface area contributed by atoms with E-state index in [-0.39, 0.29) is 0 Å². The number of hydrogen-bond acceptors (Lipinski definition) is 1. The summed E-state index contributed by atoms with van der Waals surface area (Å²) in [6, 6.07) is 24.8. The molecule has 120 valence electrons. The van der Waals surface area contributed by atoms with Crippen LogP contribution in [-0.4, -0.2) is 5.11 Å². The third-order valence-electron chi connectivity index (χ3n) is 3.89. The minimum atomic E-state index is 0.588. The van der Waals surface area contributed by atoms with Crippen molar-refractivity contribution in [2.24, 2.45) is 0 Å². The Balaban J connectivity index is 1.80. The molecule has 0 saturated carbocycles. The number of nitrogens with one attached hydrogen (secondary N) is 2. The third kappa shape index (κ3) is 3.81. The Bertz CT molecular complexity index is 857. The van der Waals surface area contributed by atoms with E-state index < -0.39 is 0 Å². The molecule has 3 rings (SSSR count). The highest BCUT2D eigenvalue weighted by atomic mass is 32.1. The number of thiocarbonyl (C=S) groups is 1. The van der Waals surface area contributed by atoms with Gasteiger partial charge in [0.1, 0.15) is 0 Å². The predicted octanol–water partition coefficient (Wildman–Crippen LogP) is 5.78. The van der Waals surface area contributed by atoms with E-state index >= 15 is 0 Å². The second kappa shape index (κ2) is 7.28. The zero-order chi connectivity index (χ0) is 16.9. The van der Waals surface area contributed by atoms with E-state index in [9.17, 15) is 0 Å². The molecule has 0 bridgehead atoms. The topological polar surface area (TPSA) is 24.1 Å². The summed E-state index contributed by atoms with van der Waals surface area (Å²) in [4.78, 5) is 0. The Kier molecular flexibility index (Phi) is 4.92. The van der Waals surface area contributed by atoms with Gasteiger partial charge in [0.25, 0.3) is 0 Å². The lowest BCUT2D eigenvalue weighted by Gasteiger charge is -2.15. The van der Waals surface area contributed by atoms with Crippen LogP contribution >= 0.6 is 12.2 Å². The van der Waals surface area contributed by atoms with E-state index in [0.29, 0.717) is 5.11 Å². The van der Waals surface area contributed by atoms with Crippen LogP contribution in [0.1, 0.15) is 11.1 Å². The second-order valence-corrected chi connectivity index (χ2v) is 6.22. The van der Waals surface area contributed by atoms with Crippen LogP contribution in [0.5, 0.6) is 0 Å². The van der Waals surface area contributed by atoms with Crippen molar-refractivity contribution in [3.05, 3.63) is 83.9 Å². The largest absolute Gasteiger partial charge is 0.332 e. The van der Waals surface area contributed by atoms with Crippen molar-refractivity contribution in [2.45, 2.75) is 13.8 Å². The average Bonchev–Trinajstić information content (AvgIpc) is 2.59. The Morgan fingerprint density at radius 1 is 0.750 bits per heavy atom. The summed E-state index contributed by atoms with van der Waals surface area (Å²) in [6.07, 6.45) is 0. The Morgan fingerprint density at radius 3 is 2.17 bits per heavy atom.